The molecule has 1 amide bonds. The number of rotatable bonds is 5. The van der Waals surface area contributed by atoms with Crippen LogP contribution in [0.3, 0.4) is 0 Å². The van der Waals surface area contributed by atoms with E-state index in [1.165, 1.54) is 5.57 Å². The molecule has 0 rings (SSSR count). The molecule has 0 aromatic carbocycles. The van der Waals surface area contributed by atoms with Gasteiger partial charge in [0, 0.05) is 13.0 Å². The Morgan fingerprint density at radius 3 is 2.46 bits per heavy atom. The Labute approximate surface area is 80.7 Å². The van der Waals surface area contributed by atoms with Gasteiger partial charge in [-0.15, -0.1) is 6.58 Å². The summed E-state index contributed by atoms with van der Waals surface area (Å²) in [6.45, 7) is 7.72. The van der Waals surface area contributed by atoms with Crippen LogP contribution in [-0.4, -0.2) is 13.0 Å². The Balaban J connectivity index is 4.17. The summed E-state index contributed by atoms with van der Waals surface area (Å²) in [6, 6.07) is 0. The first-order valence-electron chi connectivity index (χ1n) is 4.57. The van der Waals surface area contributed by atoms with Gasteiger partial charge in [-0.05, 0) is 26.7 Å². The smallest absolute Gasteiger partial charge is 0.223 e. The van der Waals surface area contributed by atoms with E-state index in [2.05, 4.69) is 18.0 Å². The van der Waals surface area contributed by atoms with E-state index in [0.29, 0.717) is 0 Å². The van der Waals surface area contributed by atoms with Gasteiger partial charge in [0.2, 0.25) is 5.91 Å². The fraction of sp³-hybridized carbons (Fsp3) is 0.545. The highest BCUT2D eigenvalue weighted by Crippen LogP contribution is 2.11. The summed E-state index contributed by atoms with van der Waals surface area (Å²) in [5.41, 5.74) is 1.25. The second kappa shape index (κ2) is 6.46. The molecule has 0 saturated heterocycles. The molecular formula is C11H19NO. The van der Waals surface area contributed by atoms with Gasteiger partial charge in [-0.2, -0.15) is 0 Å². The van der Waals surface area contributed by atoms with Crippen LogP contribution in [-0.2, 0) is 4.79 Å². The number of allylic oxidation sites excluding steroid dienone is 3. The fourth-order valence-electron chi connectivity index (χ4n) is 1.09. The second-order valence-corrected chi connectivity index (χ2v) is 3.35. The minimum atomic E-state index is 0.0393. The summed E-state index contributed by atoms with van der Waals surface area (Å²) < 4.78 is 0. The maximum atomic E-state index is 11.3. The Kier molecular flexibility index (Phi) is 5.94. The molecule has 0 spiro atoms. The van der Waals surface area contributed by atoms with Crippen LogP contribution in [0.15, 0.2) is 24.3 Å². The molecule has 0 radical (unpaired) electrons. The van der Waals surface area contributed by atoms with Crippen LogP contribution in [0, 0.1) is 5.92 Å². The summed E-state index contributed by atoms with van der Waals surface area (Å²) in [7, 11) is 1.67. The predicted molar refractivity (Wildman–Crippen MR) is 56.4 cm³/mol. The molecule has 0 heterocycles. The van der Waals surface area contributed by atoms with Gasteiger partial charge in [-0.3, -0.25) is 4.79 Å². The lowest BCUT2D eigenvalue weighted by Gasteiger charge is -2.10. The van der Waals surface area contributed by atoms with Crippen LogP contribution in [0.4, 0.5) is 0 Å². The van der Waals surface area contributed by atoms with E-state index in [-0.39, 0.29) is 11.8 Å². The lowest BCUT2D eigenvalue weighted by molar-refractivity contribution is -0.124. The van der Waals surface area contributed by atoms with Crippen LogP contribution < -0.4 is 5.32 Å². The van der Waals surface area contributed by atoms with E-state index in [1.807, 2.05) is 13.8 Å². The zero-order chi connectivity index (χ0) is 10.3. The lowest BCUT2D eigenvalue weighted by Crippen LogP contribution is -2.26. The van der Waals surface area contributed by atoms with Gasteiger partial charge in [-0.1, -0.05) is 17.7 Å². The van der Waals surface area contributed by atoms with Crippen molar-refractivity contribution in [1.29, 1.82) is 0 Å². The van der Waals surface area contributed by atoms with E-state index in [0.717, 1.165) is 12.8 Å². The third-order valence-electron chi connectivity index (χ3n) is 1.88. The van der Waals surface area contributed by atoms with Gasteiger partial charge in [0.05, 0.1) is 0 Å². The molecule has 0 fully saturated rings. The van der Waals surface area contributed by atoms with E-state index in [1.54, 1.807) is 13.1 Å². The average Bonchev–Trinajstić information content (AvgIpc) is 2.10. The minimum Gasteiger partial charge on any atom is -0.359 e. The predicted octanol–water partition coefficient (Wildman–Crippen LogP) is 2.28. The van der Waals surface area contributed by atoms with Crippen LogP contribution in [0.2, 0.25) is 0 Å². The van der Waals surface area contributed by atoms with E-state index in [4.69, 9.17) is 0 Å². The molecule has 0 aromatic heterocycles. The SMILES string of the molecule is C=CCC(CC=C(C)C)C(=O)NC. The molecule has 1 N–H and O–H groups in total. The molecule has 74 valence electrons. The monoisotopic (exact) mass is 181 g/mol. The number of hydrogen-bond donors (Lipinski definition) is 1. The number of amides is 1. The molecule has 2 nitrogen and oxygen atoms in total. The van der Waals surface area contributed by atoms with Crippen molar-refractivity contribution in [3.8, 4) is 0 Å². The van der Waals surface area contributed by atoms with E-state index >= 15 is 0 Å². The van der Waals surface area contributed by atoms with Crippen LogP contribution in [0.25, 0.3) is 0 Å². The first-order valence-corrected chi connectivity index (χ1v) is 4.57. The van der Waals surface area contributed by atoms with Crippen LogP contribution in [0.5, 0.6) is 0 Å². The Morgan fingerprint density at radius 2 is 2.08 bits per heavy atom. The van der Waals surface area contributed by atoms with Gasteiger partial charge in [-0.25, -0.2) is 0 Å². The molecule has 0 aliphatic rings. The van der Waals surface area contributed by atoms with Crippen molar-refractivity contribution >= 4 is 5.91 Å². The quantitative estimate of drug-likeness (QED) is 0.648. The highest BCUT2D eigenvalue weighted by atomic mass is 16.1. The van der Waals surface area contributed by atoms with Crippen molar-refractivity contribution in [3.05, 3.63) is 24.3 Å². The van der Waals surface area contributed by atoms with E-state index in [9.17, 15) is 4.79 Å². The van der Waals surface area contributed by atoms with Crippen molar-refractivity contribution < 1.29 is 4.79 Å². The van der Waals surface area contributed by atoms with Crippen molar-refractivity contribution in [1.82, 2.24) is 5.32 Å². The molecule has 13 heavy (non-hydrogen) atoms. The van der Waals surface area contributed by atoms with Crippen LogP contribution >= 0.6 is 0 Å². The molecule has 1 unspecified atom stereocenters. The molecule has 0 bridgehead atoms. The molecular weight excluding hydrogens is 162 g/mol. The van der Waals surface area contributed by atoms with Crippen molar-refractivity contribution in [3.63, 3.8) is 0 Å². The van der Waals surface area contributed by atoms with Crippen molar-refractivity contribution in [2.45, 2.75) is 26.7 Å². The molecule has 1 atom stereocenters. The minimum absolute atomic E-state index is 0.0393. The zero-order valence-electron chi connectivity index (χ0n) is 8.76. The van der Waals surface area contributed by atoms with Gasteiger partial charge in [0.15, 0.2) is 0 Å². The van der Waals surface area contributed by atoms with Crippen molar-refractivity contribution in [2.75, 3.05) is 7.05 Å². The summed E-state index contributed by atoms with van der Waals surface area (Å²) >= 11 is 0. The number of hydrogen-bond acceptors (Lipinski definition) is 1. The summed E-state index contributed by atoms with van der Waals surface area (Å²) in [6.07, 6.45) is 5.42. The Bertz CT molecular complexity index is 202. The average molecular weight is 181 g/mol. The topological polar surface area (TPSA) is 29.1 Å². The molecule has 0 aromatic rings. The largest absolute Gasteiger partial charge is 0.359 e. The Hall–Kier alpha value is -1.05. The third kappa shape index (κ3) is 5.23. The zero-order valence-corrected chi connectivity index (χ0v) is 8.76. The van der Waals surface area contributed by atoms with Gasteiger partial charge >= 0.3 is 0 Å². The third-order valence-corrected chi connectivity index (χ3v) is 1.88. The van der Waals surface area contributed by atoms with Gasteiger partial charge < -0.3 is 5.32 Å². The number of carbonyl (C=O) groups excluding carboxylic acids is 1. The number of nitrogens with one attached hydrogen (secondary N) is 1. The number of carbonyl (C=O) groups is 1. The summed E-state index contributed by atoms with van der Waals surface area (Å²) in [5.74, 6) is 0.134. The summed E-state index contributed by atoms with van der Waals surface area (Å²) in [5, 5.41) is 2.66. The standard InChI is InChI=1S/C11H19NO/c1-5-6-10(11(13)12-4)8-7-9(2)3/h5,7,10H,1,6,8H2,2-4H3,(H,12,13). The second-order valence-electron chi connectivity index (χ2n) is 3.35. The van der Waals surface area contributed by atoms with Gasteiger partial charge in [0.1, 0.15) is 0 Å². The van der Waals surface area contributed by atoms with Crippen molar-refractivity contribution in [2.24, 2.45) is 5.92 Å². The highest BCUT2D eigenvalue weighted by Gasteiger charge is 2.13. The molecule has 0 aliphatic heterocycles. The first kappa shape index (κ1) is 11.9. The van der Waals surface area contributed by atoms with E-state index < -0.39 is 0 Å². The molecule has 0 aliphatic carbocycles. The first-order chi connectivity index (χ1) is 6.11. The lowest BCUT2D eigenvalue weighted by atomic mass is 9.99. The molecule has 0 saturated carbocycles. The maximum absolute atomic E-state index is 11.3. The molecule has 2 heteroatoms. The fourth-order valence-corrected chi connectivity index (χ4v) is 1.09. The Morgan fingerprint density at radius 1 is 1.46 bits per heavy atom. The maximum Gasteiger partial charge on any atom is 0.223 e. The van der Waals surface area contributed by atoms with Crippen LogP contribution in [0.1, 0.15) is 26.7 Å². The summed E-state index contributed by atoms with van der Waals surface area (Å²) in [4.78, 5) is 11.3. The highest BCUT2D eigenvalue weighted by molar-refractivity contribution is 5.78. The van der Waals surface area contributed by atoms with Gasteiger partial charge in [0.25, 0.3) is 0 Å². The normalized spacial score (nSPS) is 11.6.